The van der Waals surface area contributed by atoms with Crippen molar-refractivity contribution < 1.29 is 9.72 Å². The summed E-state index contributed by atoms with van der Waals surface area (Å²) in [6.45, 7) is 1.25. The summed E-state index contributed by atoms with van der Waals surface area (Å²) in [4.78, 5) is 24.0. The van der Waals surface area contributed by atoms with Gasteiger partial charge < -0.3 is 10.2 Å². The molecule has 102 valence electrons. The van der Waals surface area contributed by atoms with Crippen molar-refractivity contribution >= 4 is 11.6 Å². The lowest BCUT2D eigenvalue weighted by Gasteiger charge is -2.32. The van der Waals surface area contributed by atoms with Gasteiger partial charge >= 0.3 is 0 Å². The zero-order chi connectivity index (χ0) is 13.8. The summed E-state index contributed by atoms with van der Waals surface area (Å²) in [6.07, 6.45) is 1.84. The second kappa shape index (κ2) is 5.79. The molecule has 2 rings (SSSR count). The van der Waals surface area contributed by atoms with E-state index in [2.05, 4.69) is 5.32 Å². The lowest BCUT2D eigenvalue weighted by Crippen LogP contribution is -2.49. The third-order valence-corrected chi connectivity index (χ3v) is 3.40. The lowest BCUT2D eigenvalue weighted by molar-refractivity contribution is -0.384. The normalized spacial score (nSPS) is 19.5. The van der Waals surface area contributed by atoms with Crippen LogP contribution in [0.15, 0.2) is 24.3 Å². The predicted octanol–water partition coefficient (Wildman–Crippen LogP) is 1.31. The molecular weight excluding hydrogens is 246 g/mol. The van der Waals surface area contributed by atoms with Crippen LogP contribution >= 0.6 is 0 Å². The Hall–Kier alpha value is -1.95. The molecular formula is C13H17N3O3. The van der Waals surface area contributed by atoms with Crippen LogP contribution in [0.25, 0.3) is 0 Å². The molecule has 1 unspecified atom stereocenters. The maximum atomic E-state index is 12.1. The highest BCUT2D eigenvalue weighted by Gasteiger charge is 2.27. The number of non-ortho nitro benzene ring substituents is 1. The van der Waals surface area contributed by atoms with Crippen molar-refractivity contribution in [2.45, 2.75) is 25.4 Å². The van der Waals surface area contributed by atoms with Gasteiger partial charge in [-0.1, -0.05) is 12.1 Å². The first kappa shape index (κ1) is 13.5. The molecule has 1 fully saturated rings. The minimum absolute atomic E-state index is 0.0711. The van der Waals surface area contributed by atoms with E-state index in [1.165, 1.54) is 12.1 Å². The third-order valence-electron chi connectivity index (χ3n) is 3.40. The van der Waals surface area contributed by atoms with Crippen LogP contribution in [0.3, 0.4) is 0 Å². The summed E-state index contributed by atoms with van der Waals surface area (Å²) in [7, 11) is 1.79. The molecule has 0 spiro atoms. The van der Waals surface area contributed by atoms with Crippen molar-refractivity contribution in [2.75, 3.05) is 13.6 Å². The van der Waals surface area contributed by atoms with E-state index >= 15 is 0 Å². The van der Waals surface area contributed by atoms with Gasteiger partial charge in [-0.3, -0.25) is 14.9 Å². The van der Waals surface area contributed by atoms with Gasteiger partial charge in [0.2, 0.25) is 5.91 Å². The summed E-state index contributed by atoms with van der Waals surface area (Å²) in [6, 6.07) is 6.24. The molecule has 0 saturated carbocycles. The van der Waals surface area contributed by atoms with E-state index < -0.39 is 4.92 Å². The standard InChI is InChI=1S/C13H17N3O3/c1-14-12-3-2-8-15(13(12)17)9-10-4-6-11(7-5-10)16(18)19/h4-7,12,14H,2-3,8-9H2,1H3. The molecule has 6 nitrogen and oxygen atoms in total. The van der Waals surface area contributed by atoms with Crippen molar-refractivity contribution in [3.8, 4) is 0 Å². The van der Waals surface area contributed by atoms with Crippen molar-refractivity contribution in [1.29, 1.82) is 0 Å². The number of piperidine rings is 1. The quantitative estimate of drug-likeness (QED) is 0.656. The maximum Gasteiger partial charge on any atom is 0.269 e. The van der Waals surface area contributed by atoms with Crippen molar-refractivity contribution in [2.24, 2.45) is 0 Å². The number of hydrogen-bond acceptors (Lipinski definition) is 4. The number of likely N-dealkylation sites (tertiary alicyclic amines) is 1. The van der Waals surface area contributed by atoms with Gasteiger partial charge in [0.05, 0.1) is 11.0 Å². The largest absolute Gasteiger partial charge is 0.337 e. The summed E-state index contributed by atoms with van der Waals surface area (Å²) in [5.41, 5.74) is 0.984. The van der Waals surface area contributed by atoms with Gasteiger partial charge in [-0.05, 0) is 25.5 Å². The number of nitro groups is 1. The number of nitro benzene ring substituents is 1. The molecule has 1 aliphatic rings. The first-order valence-corrected chi connectivity index (χ1v) is 6.31. The first-order valence-electron chi connectivity index (χ1n) is 6.31. The van der Waals surface area contributed by atoms with Crippen LogP contribution in [0, 0.1) is 10.1 Å². The van der Waals surface area contributed by atoms with Crippen molar-refractivity contribution in [3.05, 3.63) is 39.9 Å². The second-order valence-electron chi connectivity index (χ2n) is 4.67. The van der Waals surface area contributed by atoms with Gasteiger partial charge in [0, 0.05) is 25.2 Å². The monoisotopic (exact) mass is 263 g/mol. The van der Waals surface area contributed by atoms with E-state index in [1.54, 1.807) is 24.1 Å². The fourth-order valence-electron chi connectivity index (χ4n) is 2.31. The van der Waals surface area contributed by atoms with Gasteiger partial charge in [-0.25, -0.2) is 0 Å². The average Bonchev–Trinajstić information content (AvgIpc) is 2.42. The number of hydrogen-bond donors (Lipinski definition) is 1. The van der Waals surface area contributed by atoms with Gasteiger partial charge in [-0.15, -0.1) is 0 Å². The molecule has 1 N–H and O–H groups in total. The number of amides is 1. The average molecular weight is 263 g/mol. The number of benzene rings is 1. The molecule has 19 heavy (non-hydrogen) atoms. The second-order valence-corrected chi connectivity index (χ2v) is 4.67. The highest BCUT2D eigenvalue weighted by Crippen LogP contribution is 2.17. The Balaban J connectivity index is 2.04. The van der Waals surface area contributed by atoms with Crippen LogP contribution in [-0.2, 0) is 11.3 Å². The van der Waals surface area contributed by atoms with E-state index in [1.807, 2.05) is 0 Å². The highest BCUT2D eigenvalue weighted by atomic mass is 16.6. The number of carbonyl (C=O) groups is 1. The topological polar surface area (TPSA) is 75.5 Å². The minimum atomic E-state index is -0.424. The highest BCUT2D eigenvalue weighted by molar-refractivity contribution is 5.82. The first-order chi connectivity index (χ1) is 9.11. The van der Waals surface area contributed by atoms with E-state index in [0.717, 1.165) is 24.9 Å². The van der Waals surface area contributed by atoms with Crippen LogP contribution in [0.5, 0.6) is 0 Å². The number of nitrogens with zero attached hydrogens (tertiary/aromatic N) is 2. The zero-order valence-corrected chi connectivity index (χ0v) is 10.8. The predicted molar refractivity (Wildman–Crippen MR) is 70.6 cm³/mol. The van der Waals surface area contributed by atoms with Crippen LogP contribution in [0.2, 0.25) is 0 Å². The summed E-state index contributed by atoms with van der Waals surface area (Å²) in [5.74, 6) is 0.104. The third kappa shape index (κ3) is 3.08. The number of nitrogens with one attached hydrogen (secondary N) is 1. The molecule has 1 aromatic rings. The van der Waals surface area contributed by atoms with E-state index in [0.29, 0.717) is 6.54 Å². The fourth-order valence-corrected chi connectivity index (χ4v) is 2.31. The Morgan fingerprint density at radius 1 is 1.42 bits per heavy atom. The van der Waals surface area contributed by atoms with Crippen LogP contribution in [-0.4, -0.2) is 35.4 Å². The summed E-state index contributed by atoms with van der Waals surface area (Å²) in [5, 5.41) is 13.6. The van der Waals surface area contributed by atoms with Gasteiger partial charge in [0.1, 0.15) is 0 Å². The Bertz CT molecular complexity index is 473. The van der Waals surface area contributed by atoms with Crippen LogP contribution in [0.4, 0.5) is 5.69 Å². The van der Waals surface area contributed by atoms with Crippen molar-refractivity contribution in [3.63, 3.8) is 0 Å². The molecule has 1 amide bonds. The number of carbonyl (C=O) groups excluding carboxylic acids is 1. The molecule has 0 radical (unpaired) electrons. The molecule has 0 aliphatic carbocycles. The zero-order valence-electron chi connectivity index (χ0n) is 10.8. The van der Waals surface area contributed by atoms with E-state index in [9.17, 15) is 14.9 Å². The van der Waals surface area contributed by atoms with Gasteiger partial charge in [0.25, 0.3) is 5.69 Å². The maximum absolute atomic E-state index is 12.1. The molecule has 1 aromatic carbocycles. The van der Waals surface area contributed by atoms with Crippen LogP contribution < -0.4 is 5.32 Å². The Morgan fingerprint density at radius 2 is 2.11 bits per heavy atom. The Morgan fingerprint density at radius 3 is 2.68 bits per heavy atom. The lowest BCUT2D eigenvalue weighted by atomic mass is 10.0. The van der Waals surface area contributed by atoms with E-state index in [-0.39, 0.29) is 17.6 Å². The smallest absolute Gasteiger partial charge is 0.269 e. The van der Waals surface area contributed by atoms with Crippen LogP contribution in [0.1, 0.15) is 18.4 Å². The van der Waals surface area contributed by atoms with Crippen molar-refractivity contribution in [1.82, 2.24) is 10.2 Å². The molecule has 1 heterocycles. The molecule has 1 saturated heterocycles. The van der Waals surface area contributed by atoms with E-state index in [4.69, 9.17) is 0 Å². The molecule has 1 atom stereocenters. The summed E-state index contributed by atoms with van der Waals surface area (Å²) < 4.78 is 0. The molecule has 0 bridgehead atoms. The Kier molecular flexibility index (Phi) is 4.11. The fraction of sp³-hybridized carbons (Fsp3) is 0.462. The molecule has 6 heteroatoms. The molecule has 0 aromatic heterocycles. The number of rotatable bonds is 4. The minimum Gasteiger partial charge on any atom is -0.337 e. The number of likely N-dealkylation sites (N-methyl/N-ethyl adjacent to an activating group) is 1. The Labute approximate surface area is 111 Å². The van der Waals surface area contributed by atoms with Gasteiger partial charge in [-0.2, -0.15) is 0 Å². The SMILES string of the molecule is CNC1CCCN(Cc2ccc([N+](=O)[O-])cc2)C1=O. The van der Waals surface area contributed by atoms with Gasteiger partial charge in [0.15, 0.2) is 0 Å². The molecule has 1 aliphatic heterocycles. The summed E-state index contributed by atoms with van der Waals surface area (Å²) >= 11 is 0.